The summed E-state index contributed by atoms with van der Waals surface area (Å²) >= 11 is 0. The largest absolute Gasteiger partial charge is 0.391 e. The molecule has 0 saturated carbocycles. The molecule has 4 rings (SSSR count). The van der Waals surface area contributed by atoms with E-state index < -0.39 is 6.10 Å². The molecule has 2 aromatic rings. The van der Waals surface area contributed by atoms with Crippen molar-refractivity contribution >= 4 is 16.8 Å². The third-order valence-corrected chi connectivity index (χ3v) is 5.44. The van der Waals surface area contributed by atoms with E-state index in [1.54, 1.807) is 0 Å². The minimum Gasteiger partial charge on any atom is -0.391 e. The van der Waals surface area contributed by atoms with Gasteiger partial charge >= 0.3 is 0 Å². The maximum atomic E-state index is 12.4. The van der Waals surface area contributed by atoms with Gasteiger partial charge in [0.15, 0.2) is 0 Å². The Morgan fingerprint density at radius 1 is 1.15 bits per heavy atom. The molecule has 26 heavy (non-hydrogen) atoms. The fraction of sp³-hybridized carbons (Fsp3) is 0.500. The van der Waals surface area contributed by atoms with Gasteiger partial charge in [0.2, 0.25) is 5.91 Å². The van der Waals surface area contributed by atoms with Gasteiger partial charge in [0.05, 0.1) is 18.2 Å². The van der Waals surface area contributed by atoms with E-state index in [0.717, 1.165) is 55.7 Å². The Hall–Kier alpha value is -2.02. The fourth-order valence-electron chi connectivity index (χ4n) is 3.97. The van der Waals surface area contributed by atoms with Crippen LogP contribution in [0.1, 0.15) is 5.69 Å². The number of piperazine rings is 1. The smallest absolute Gasteiger partial charge is 0.236 e. The average Bonchev–Trinajstić information content (AvgIpc) is 3.01. The highest BCUT2D eigenvalue weighted by Gasteiger charge is 2.33. The number of aromatic nitrogens is 1. The SMILES string of the molecule is O=C(CN1C[C@@H](Cc2ccc3ccccc3n2)[C@H](O)C1)N1CCNCC1. The second-order valence-corrected chi connectivity index (χ2v) is 7.35. The van der Waals surface area contributed by atoms with Gasteiger partial charge < -0.3 is 15.3 Å². The van der Waals surface area contributed by atoms with Crippen molar-refractivity contribution in [1.82, 2.24) is 20.1 Å². The number of carbonyl (C=O) groups excluding carboxylic acids is 1. The lowest BCUT2D eigenvalue weighted by atomic mass is 9.99. The summed E-state index contributed by atoms with van der Waals surface area (Å²) in [5.41, 5.74) is 1.99. The summed E-state index contributed by atoms with van der Waals surface area (Å²) < 4.78 is 0. The zero-order valence-electron chi connectivity index (χ0n) is 15.0. The monoisotopic (exact) mass is 354 g/mol. The number of rotatable bonds is 4. The number of benzene rings is 1. The van der Waals surface area contributed by atoms with Crippen LogP contribution in [-0.2, 0) is 11.2 Å². The van der Waals surface area contributed by atoms with Gasteiger partial charge in [-0.1, -0.05) is 24.3 Å². The maximum absolute atomic E-state index is 12.4. The molecule has 2 aliphatic heterocycles. The normalized spacial score (nSPS) is 24.3. The molecule has 2 saturated heterocycles. The Morgan fingerprint density at radius 3 is 2.81 bits per heavy atom. The first-order valence-electron chi connectivity index (χ1n) is 9.42. The third kappa shape index (κ3) is 3.87. The van der Waals surface area contributed by atoms with Crippen LogP contribution in [-0.4, -0.2) is 77.7 Å². The standard InChI is InChI=1S/C20H26N4O2/c25-19-13-23(14-20(26)24-9-7-21-8-10-24)12-16(19)11-17-6-5-15-3-1-2-4-18(15)22-17/h1-6,16,19,21,25H,7-14H2/t16-,19-/m1/s1. The summed E-state index contributed by atoms with van der Waals surface area (Å²) in [5.74, 6) is 0.294. The summed E-state index contributed by atoms with van der Waals surface area (Å²) in [7, 11) is 0. The molecule has 0 aliphatic carbocycles. The molecule has 1 aromatic heterocycles. The van der Waals surface area contributed by atoms with E-state index in [9.17, 15) is 9.90 Å². The predicted molar refractivity (Wildman–Crippen MR) is 101 cm³/mol. The van der Waals surface area contributed by atoms with Gasteiger partial charge in [-0.25, -0.2) is 0 Å². The average molecular weight is 354 g/mol. The minimum atomic E-state index is -0.404. The van der Waals surface area contributed by atoms with Crippen molar-refractivity contribution in [3.05, 3.63) is 42.1 Å². The molecule has 1 amide bonds. The van der Waals surface area contributed by atoms with Crippen LogP contribution in [0.5, 0.6) is 0 Å². The predicted octanol–water partition coefficient (Wildman–Crippen LogP) is 0.502. The van der Waals surface area contributed by atoms with Gasteiger partial charge in [-0.3, -0.25) is 14.7 Å². The molecule has 2 N–H and O–H groups in total. The summed E-state index contributed by atoms with van der Waals surface area (Å²) in [6, 6.07) is 12.2. The highest BCUT2D eigenvalue weighted by molar-refractivity contribution is 5.79. The zero-order valence-corrected chi connectivity index (χ0v) is 15.0. The van der Waals surface area contributed by atoms with E-state index in [1.165, 1.54) is 0 Å². The number of nitrogens with one attached hydrogen (secondary N) is 1. The number of β-amino-alcohol motifs (C(OH)–C–C–N with tert-alkyl or cyclic N) is 1. The molecule has 2 fully saturated rings. The van der Waals surface area contributed by atoms with Crippen LogP contribution in [0, 0.1) is 5.92 Å². The number of para-hydroxylation sites is 1. The van der Waals surface area contributed by atoms with Crippen molar-refractivity contribution in [2.45, 2.75) is 12.5 Å². The van der Waals surface area contributed by atoms with E-state index >= 15 is 0 Å². The van der Waals surface area contributed by atoms with Crippen LogP contribution in [0.25, 0.3) is 10.9 Å². The van der Waals surface area contributed by atoms with Crippen molar-refractivity contribution in [3.63, 3.8) is 0 Å². The third-order valence-electron chi connectivity index (χ3n) is 5.44. The molecule has 2 aliphatic rings. The second-order valence-electron chi connectivity index (χ2n) is 7.35. The number of hydrogen-bond acceptors (Lipinski definition) is 5. The summed E-state index contributed by atoms with van der Waals surface area (Å²) in [6.07, 6.45) is 0.337. The van der Waals surface area contributed by atoms with Gasteiger partial charge in [-0.05, 0) is 18.6 Å². The van der Waals surface area contributed by atoms with Gasteiger partial charge in [-0.2, -0.15) is 0 Å². The molecule has 1 aromatic carbocycles. The molecule has 0 bridgehead atoms. The van der Waals surface area contributed by atoms with Gasteiger partial charge in [0.25, 0.3) is 0 Å². The number of fused-ring (bicyclic) bond motifs is 1. The van der Waals surface area contributed by atoms with Crippen molar-refractivity contribution in [3.8, 4) is 0 Å². The molecule has 0 spiro atoms. The molecule has 2 atom stereocenters. The van der Waals surface area contributed by atoms with Crippen LogP contribution < -0.4 is 5.32 Å². The molecule has 138 valence electrons. The van der Waals surface area contributed by atoms with E-state index in [4.69, 9.17) is 4.98 Å². The molecule has 6 heteroatoms. The Morgan fingerprint density at radius 2 is 1.96 bits per heavy atom. The summed E-state index contributed by atoms with van der Waals surface area (Å²) in [5, 5.41) is 14.8. The topological polar surface area (TPSA) is 68.7 Å². The van der Waals surface area contributed by atoms with Crippen molar-refractivity contribution < 1.29 is 9.90 Å². The number of hydrogen-bond donors (Lipinski definition) is 2. The number of likely N-dealkylation sites (tertiary alicyclic amines) is 1. The summed E-state index contributed by atoms with van der Waals surface area (Å²) in [4.78, 5) is 21.2. The fourth-order valence-corrected chi connectivity index (χ4v) is 3.97. The molecule has 3 heterocycles. The highest BCUT2D eigenvalue weighted by Crippen LogP contribution is 2.22. The lowest BCUT2D eigenvalue weighted by Gasteiger charge is -2.29. The van der Waals surface area contributed by atoms with Crippen molar-refractivity contribution in [1.29, 1.82) is 0 Å². The zero-order chi connectivity index (χ0) is 17.9. The summed E-state index contributed by atoms with van der Waals surface area (Å²) in [6.45, 7) is 5.00. The maximum Gasteiger partial charge on any atom is 0.236 e. The minimum absolute atomic E-state index is 0.125. The number of carbonyl (C=O) groups is 1. The van der Waals surface area contributed by atoms with Crippen LogP contribution in [0.3, 0.4) is 0 Å². The Balaban J connectivity index is 1.36. The second kappa shape index (κ2) is 7.70. The number of aliphatic hydroxyl groups excluding tert-OH is 1. The van der Waals surface area contributed by atoms with Gasteiger partial charge in [0.1, 0.15) is 0 Å². The van der Waals surface area contributed by atoms with Crippen LogP contribution in [0.15, 0.2) is 36.4 Å². The number of aliphatic hydroxyl groups is 1. The Bertz CT molecular complexity index is 775. The van der Waals surface area contributed by atoms with Gasteiger partial charge in [0, 0.05) is 56.3 Å². The lowest BCUT2D eigenvalue weighted by molar-refractivity contribution is -0.132. The molecule has 0 radical (unpaired) electrons. The molecule has 0 unspecified atom stereocenters. The van der Waals surface area contributed by atoms with Crippen LogP contribution in [0.4, 0.5) is 0 Å². The number of pyridine rings is 1. The molecule has 6 nitrogen and oxygen atoms in total. The Kier molecular flexibility index (Phi) is 5.15. The lowest BCUT2D eigenvalue weighted by Crippen LogP contribution is -2.49. The van der Waals surface area contributed by atoms with E-state index in [-0.39, 0.29) is 11.8 Å². The number of amides is 1. The quantitative estimate of drug-likeness (QED) is 0.837. The number of nitrogens with zero attached hydrogens (tertiary/aromatic N) is 3. The van der Waals surface area contributed by atoms with Crippen molar-refractivity contribution in [2.24, 2.45) is 5.92 Å². The highest BCUT2D eigenvalue weighted by atomic mass is 16.3. The van der Waals surface area contributed by atoms with Gasteiger partial charge in [-0.15, -0.1) is 0 Å². The van der Waals surface area contributed by atoms with Crippen LogP contribution >= 0.6 is 0 Å². The molecular formula is C20H26N4O2. The van der Waals surface area contributed by atoms with Crippen LogP contribution in [0.2, 0.25) is 0 Å². The first-order valence-corrected chi connectivity index (χ1v) is 9.42. The van der Waals surface area contributed by atoms with E-state index in [2.05, 4.69) is 22.3 Å². The van der Waals surface area contributed by atoms with E-state index in [1.807, 2.05) is 29.2 Å². The first-order chi connectivity index (χ1) is 12.7. The van der Waals surface area contributed by atoms with Crippen molar-refractivity contribution in [2.75, 3.05) is 45.8 Å². The Labute approximate surface area is 153 Å². The van der Waals surface area contributed by atoms with E-state index in [0.29, 0.717) is 13.1 Å². The molecular weight excluding hydrogens is 328 g/mol. The first kappa shape index (κ1) is 17.4.